The number of aromatic nitrogens is 1. The molecule has 0 bridgehead atoms. The van der Waals surface area contributed by atoms with Crippen LogP contribution in [-0.2, 0) is 6.54 Å². The molecule has 6 heteroatoms. The molecule has 5 nitrogen and oxygen atoms in total. The minimum Gasteiger partial charge on any atom is -0.497 e. The van der Waals surface area contributed by atoms with Gasteiger partial charge in [0.25, 0.3) is 0 Å². The van der Waals surface area contributed by atoms with Gasteiger partial charge in [-0.05, 0) is 49.7 Å². The van der Waals surface area contributed by atoms with Crippen molar-refractivity contribution in [3.05, 3.63) is 65.9 Å². The second-order valence-electron chi connectivity index (χ2n) is 6.86. The number of oxazole rings is 1. The van der Waals surface area contributed by atoms with Crippen LogP contribution in [-0.4, -0.2) is 30.6 Å². The molecule has 2 heterocycles. The molecule has 1 unspecified atom stereocenters. The van der Waals surface area contributed by atoms with E-state index in [9.17, 15) is 4.39 Å². The van der Waals surface area contributed by atoms with Gasteiger partial charge in [0, 0.05) is 23.2 Å². The van der Waals surface area contributed by atoms with Crippen molar-refractivity contribution in [3.63, 3.8) is 0 Å². The van der Waals surface area contributed by atoms with Crippen LogP contribution in [0.2, 0.25) is 0 Å². The lowest BCUT2D eigenvalue weighted by atomic mass is 10.0. The second-order valence-corrected chi connectivity index (χ2v) is 6.86. The van der Waals surface area contributed by atoms with E-state index in [-0.39, 0.29) is 11.9 Å². The lowest BCUT2D eigenvalue weighted by Gasteiger charge is -2.25. The van der Waals surface area contributed by atoms with E-state index in [1.807, 2.05) is 12.1 Å². The van der Waals surface area contributed by atoms with E-state index in [1.165, 1.54) is 12.1 Å². The number of nitrogens with zero attached hydrogens (tertiary/aromatic N) is 2. The quantitative estimate of drug-likeness (QED) is 0.611. The molecule has 0 saturated carbocycles. The summed E-state index contributed by atoms with van der Waals surface area (Å²) in [4.78, 5) is 6.78. The SMILES string of the molecule is COc1ccc(C2CCCN2Cc2ncc(-c3ccc(F)cc3)o2)c(OC)c1. The Morgan fingerprint density at radius 2 is 1.96 bits per heavy atom. The minimum absolute atomic E-state index is 0.238. The monoisotopic (exact) mass is 382 g/mol. The van der Waals surface area contributed by atoms with E-state index in [4.69, 9.17) is 13.9 Å². The predicted octanol–water partition coefficient (Wildman–Crippen LogP) is 4.84. The van der Waals surface area contributed by atoms with E-state index in [2.05, 4.69) is 16.0 Å². The first-order valence-corrected chi connectivity index (χ1v) is 9.34. The van der Waals surface area contributed by atoms with Gasteiger partial charge < -0.3 is 13.9 Å². The number of hydrogen-bond acceptors (Lipinski definition) is 5. The highest BCUT2D eigenvalue weighted by molar-refractivity contribution is 5.55. The zero-order valence-electron chi connectivity index (χ0n) is 16.0. The van der Waals surface area contributed by atoms with Crippen molar-refractivity contribution in [1.82, 2.24) is 9.88 Å². The lowest BCUT2D eigenvalue weighted by Crippen LogP contribution is -2.23. The van der Waals surface area contributed by atoms with Crippen molar-refractivity contribution in [2.24, 2.45) is 0 Å². The van der Waals surface area contributed by atoms with E-state index in [0.717, 1.165) is 42.0 Å². The number of likely N-dealkylation sites (tertiary alicyclic amines) is 1. The zero-order chi connectivity index (χ0) is 19.5. The molecular formula is C22H23FN2O3. The molecule has 4 rings (SSSR count). The molecule has 1 aromatic heterocycles. The summed E-state index contributed by atoms with van der Waals surface area (Å²) in [6, 6.07) is 12.4. The first-order valence-electron chi connectivity index (χ1n) is 9.34. The van der Waals surface area contributed by atoms with Crippen LogP contribution in [0.4, 0.5) is 4.39 Å². The summed E-state index contributed by atoms with van der Waals surface area (Å²) in [7, 11) is 3.33. The molecule has 146 valence electrons. The molecule has 0 spiro atoms. The Bertz CT molecular complexity index is 939. The number of hydrogen-bond donors (Lipinski definition) is 0. The Balaban J connectivity index is 1.53. The molecule has 3 aromatic rings. The highest BCUT2D eigenvalue weighted by Gasteiger charge is 2.29. The van der Waals surface area contributed by atoms with Gasteiger partial charge in [-0.25, -0.2) is 9.37 Å². The standard InChI is InChI=1S/C22H23FN2O3/c1-26-17-9-10-18(20(12-17)27-2)19-4-3-11-25(19)14-22-24-13-21(28-22)15-5-7-16(23)8-6-15/h5-10,12-13,19H,3-4,11,14H2,1-2H3. The van der Waals surface area contributed by atoms with Gasteiger partial charge in [0.2, 0.25) is 5.89 Å². The molecule has 1 saturated heterocycles. The fourth-order valence-corrected chi connectivity index (χ4v) is 3.77. The summed E-state index contributed by atoms with van der Waals surface area (Å²) in [5.41, 5.74) is 1.96. The predicted molar refractivity (Wildman–Crippen MR) is 104 cm³/mol. The first-order chi connectivity index (χ1) is 13.7. The maximum atomic E-state index is 13.1. The van der Waals surface area contributed by atoms with Crippen molar-refractivity contribution in [2.75, 3.05) is 20.8 Å². The maximum absolute atomic E-state index is 13.1. The normalized spacial score (nSPS) is 17.0. The maximum Gasteiger partial charge on any atom is 0.209 e. The molecule has 2 aromatic carbocycles. The fourth-order valence-electron chi connectivity index (χ4n) is 3.77. The third-order valence-electron chi connectivity index (χ3n) is 5.18. The number of rotatable bonds is 6. The summed E-state index contributed by atoms with van der Waals surface area (Å²) in [6.45, 7) is 1.58. The van der Waals surface area contributed by atoms with Crippen LogP contribution < -0.4 is 9.47 Å². The number of methoxy groups -OCH3 is 2. The third kappa shape index (κ3) is 3.73. The third-order valence-corrected chi connectivity index (χ3v) is 5.18. The minimum atomic E-state index is -0.267. The average molecular weight is 382 g/mol. The molecule has 1 aliphatic heterocycles. The zero-order valence-corrected chi connectivity index (χ0v) is 16.0. The van der Waals surface area contributed by atoms with Crippen LogP contribution in [0.15, 0.2) is 53.1 Å². The smallest absolute Gasteiger partial charge is 0.209 e. The highest BCUT2D eigenvalue weighted by atomic mass is 19.1. The molecular weight excluding hydrogens is 359 g/mol. The molecule has 0 radical (unpaired) electrons. The second kappa shape index (κ2) is 8.02. The van der Waals surface area contributed by atoms with Crippen molar-refractivity contribution < 1.29 is 18.3 Å². The molecule has 0 amide bonds. The highest BCUT2D eigenvalue weighted by Crippen LogP contribution is 2.39. The van der Waals surface area contributed by atoms with E-state index in [1.54, 1.807) is 32.5 Å². The largest absolute Gasteiger partial charge is 0.497 e. The van der Waals surface area contributed by atoms with Crippen LogP contribution in [0.3, 0.4) is 0 Å². The van der Waals surface area contributed by atoms with Crippen molar-refractivity contribution in [2.45, 2.75) is 25.4 Å². The molecule has 0 aliphatic carbocycles. The number of ether oxygens (including phenoxy) is 2. The summed E-state index contributed by atoms with van der Waals surface area (Å²) in [5, 5.41) is 0. The average Bonchev–Trinajstić information content (AvgIpc) is 3.38. The summed E-state index contributed by atoms with van der Waals surface area (Å²) in [6.07, 6.45) is 3.85. The fraction of sp³-hybridized carbons (Fsp3) is 0.318. The molecule has 28 heavy (non-hydrogen) atoms. The van der Waals surface area contributed by atoms with Crippen LogP contribution >= 0.6 is 0 Å². The van der Waals surface area contributed by atoms with Gasteiger partial charge in [-0.3, -0.25) is 4.90 Å². The lowest BCUT2D eigenvalue weighted by molar-refractivity contribution is 0.220. The van der Waals surface area contributed by atoms with Crippen molar-refractivity contribution >= 4 is 0 Å². The van der Waals surface area contributed by atoms with E-state index < -0.39 is 0 Å². The van der Waals surface area contributed by atoms with E-state index >= 15 is 0 Å². The Morgan fingerprint density at radius 1 is 1.14 bits per heavy atom. The molecule has 1 atom stereocenters. The molecule has 1 fully saturated rings. The Hall–Kier alpha value is -2.86. The molecule has 0 N–H and O–H groups in total. The van der Waals surface area contributed by atoms with Crippen molar-refractivity contribution in [1.29, 1.82) is 0 Å². The van der Waals surface area contributed by atoms with Crippen LogP contribution in [0.25, 0.3) is 11.3 Å². The van der Waals surface area contributed by atoms with Gasteiger partial charge in [-0.1, -0.05) is 6.07 Å². The van der Waals surface area contributed by atoms with Gasteiger partial charge >= 0.3 is 0 Å². The summed E-state index contributed by atoms with van der Waals surface area (Å²) < 4.78 is 29.9. The van der Waals surface area contributed by atoms with Gasteiger partial charge in [0.05, 0.1) is 27.0 Å². The summed E-state index contributed by atoms with van der Waals surface area (Å²) >= 11 is 0. The molecule has 1 aliphatic rings. The Morgan fingerprint density at radius 3 is 2.71 bits per heavy atom. The van der Waals surface area contributed by atoms with Gasteiger partial charge in [0.15, 0.2) is 5.76 Å². The van der Waals surface area contributed by atoms with Crippen LogP contribution in [0, 0.1) is 5.82 Å². The van der Waals surface area contributed by atoms with E-state index in [0.29, 0.717) is 18.2 Å². The van der Waals surface area contributed by atoms with Crippen LogP contribution in [0.5, 0.6) is 11.5 Å². The number of halogens is 1. The Labute approximate surface area is 163 Å². The van der Waals surface area contributed by atoms with Crippen LogP contribution in [0.1, 0.15) is 30.3 Å². The summed E-state index contributed by atoms with van der Waals surface area (Å²) in [5.74, 6) is 2.64. The topological polar surface area (TPSA) is 47.7 Å². The number of benzene rings is 2. The van der Waals surface area contributed by atoms with Gasteiger partial charge in [-0.15, -0.1) is 0 Å². The first kappa shape index (κ1) is 18.5. The van der Waals surface area contributed by atoms with Gasteiger partial charge in [0.1, 0.15) is 17.3 Å². The van der Waals surface area contributed by atoms with Crippen molar-refractivity contribution in [3.8, 4) is 22.8 Å². The van der Waals surface area contributed by atoms with Gasteiger partial charge in [-0.2, -0.15) is 0 Å². The Kier molecular flexibility index (Phi) is 5.30.